The summed E-state index contributed by atoms with van der Waals surface area (Å²) in [5.74, 6) is 0.773. The fourth-order valence-electron chi connectivity index (χ4n) is 2.48. The molecule has 0 amide bonds. The summed E-state index contributed by atoms with van der Waals surface area (Å²) in [6, 6.07) is 4.88. The SMILES string of the molecule is CC(C)Nc1ncnc(N)c1C(=N)c1cc2cc(O)cc(Cl)c2[nH]1. The van der Waals surface area contributed by atoms with E-state index in [1.807, 2.05) is 13.8 Å². The lowest BCUT2D eigenvalue weighted by Gasteiger charge is -2.14. The number of fused-ring (bicyclic) bond motifs is 1. The second-order valence-corrected chi connectivity index (χ2v) is 6.14. The molecule has 0 saturated heterocycles. The Morgan fingerprint density at radius 3 is 2.79 bits per heavy atom. The molecule has 0 radical (unpaired) electrons. The Bertz CT molecular complexity index is 934. The van der Waals surface area contributed by atoms with Crippen molar-refractivity contribution in [3.05, 3.63) is 40.8 Å². The van der Waals surface area contributed by atoms with E-state index >= 15 is 0 Å². The van der Waals surface area contributed by atoms with Gasteiger partial charge in [0, 0.05) is 17.5 Å². The molecule has 2 heterocycles. The zero-order valence-corrected chi connectivity index (χ0v) is 13.9. The molecule has 7 nitrogen and oxygen atoms in total. The van der Waals surface area contributed by atoms with Gasteiger partial charge >= 0.3 is 0 Å². The molecule has 8 heteroatoms. The number of nitrogens with two attached hydrogens (primary N) is 1. The maximum atomic E-state index is 9.66. The van der Waals surface area contributed by atoms with Gasteiger partial charge in [-0.3, -0.25) is 5.41 Å². The number of hydrogen-bond acceptors (Lipinski definition) is 6. The molecule has 0 atom stereocenters. The number of phenolic OH excluding ortho intramolecular Hbond substituents is 1. The molecule has 0 unspecified atom stereocenters. The monoisotopic (exact) mass is 344 g/mol. The highest BCUT2D eigenvalue weighted by molar-refractivity contribution is 6.35. The van der Waals surface area contributed by atoms with Gasteiger partial charge in [-0.1, -0.05) is 11.6 Å². The summed E-state index contributed by atoms with van der Waals surface area (Å²) in [5, 5.41) is 22.4. The number of anilines is 2. The first kappa shape index (κ1) is 16.1. The van der Waals surface area contributed by atoms with Crippen molar-refractivity contribution in [1.82, 2.24) is 15.0 Å². The predicted molar refractivity (Wildman–Crippen MR) is 96.1 cm³/mol. The smallest absolute Gasteiger partial charge is 0.141 e. The zero-order valence-electron chi connectivity index (χ0n) is 13.2. The van der Waals surface area contributed by atoms with Crippen molar-refractivity contribution >= 4 is 39.9 Å². The van der Waals surface area contributed by atoms with Crippen LogP contribution in [-0.4, -0.2) is 31.8 Å². The lowest BCUT2D eigenvalue weighted by molar-refractivity contribution is 0.476. The fourth-order valence-corrected chi connectivity index (χ4v) is 2.75. The minimum atomic E-state index is 0.0642. The number of rotatable bonds is 4. The summed E-state index contributed by atoms with van der Waals surface area (Å²) in [6.07, 6.45) is 1.36. The van der Waals surface area contributed by atoms with Crippen molar-refractivity contribution in [2.45, 2.75) is 19.9 Å². The minimum absolute atomic E-state index is 0.0642. The van der Waals surface area contributed by atoms with Crippen molar-refractivity contribution in [1.29, 1.82) is 5.41 Å². The third kappa shape index (κ3) is 2.85. The van der Waals surface area contributed by atoms with Crippen LogP contribution in [0.15, 0.2) is 24.5 Å². The van der Waals surface area contributed by atoms with E-state index in [0.29, 0.717) is 33.0 Å². The molecule has 0 aliphatic rings. The molecule has 0 aliphatic heterocycles. The van der Waals surface area contributed by atoms with Crippen molar-refractivity contribution in [2.75, 3.05) is 11.1 Å². The molecule has 0 fully saturated rings. The topological polar surface area (TPSA) is 124 Å². The lowest BCUT2D eigenvalue weighted by atomic mass is 10.1. The Morgan fingerprint density at radius 2 is 2.08 bits per heavy atom. The number of hydrogen-bond donors (Lipinski definition) is 5. The number of halogens is 1. The quantitative estimate of drug-likeness (QED) is 0.465. The molecule has 1 aromatic carbocycles. The molecule has 0 saturated carbocycles. The van der Waals surface area contributed by atoms with E-state index in [4.69, 9.17) is 22.7 Å². The normalized spacial score (nSPS) is 11.2. The number of nitrogens with zero attached hydrogens (tertiary/aromatic N) is 2. The van der Waals surface area contributed by atoms with Gasteiger partial charge in [-0.05, 0) is 26.0 Å². The second-order valence-electron chi connectivity index (χ2n) is 5.73. The minimum Gasteiger partial charge on any atom is -0.508 e. The molecule has 6 N–H and O–H groups in total. The average molecular weight is 345 g/mol. The highest BCUT2D eigenvalue weighted by atomic mass is 35.5. The molecule has 2 aromatic heterocycles. The summed E-state index contributed by atoms with van der Waals surface area (Å²) in [4.78, 5) is 11.3. The number of phenols is 1. The van der Waals surface area contributed by atoms with Crippen LogP contribution in [-0.2, 0) is 0 Å². The third-order valence-corrected chi connectivity index (χ3v) is 3.78. The second kappa shape index (κ2) is 6.01. The van der Waals surface area contributed by atoms with Crippen LogP contribution in [0, 0.1) is 5.41 Å². The van der Waals surface area contributed by atoms with Crippen molar-refractivity contribution < 1.29 is 5.11 Å². The first-order chi connectivity index (χ1) is 11.4. The number of nitrogens with one attached hydrogen (secondary N) is 3. The molecule has 0 aliphatic carbocycles. The third-order valence-electron chi connectivity index (χ3n) is 3.49. The number of benzene rings is 1. The Kier molecular flexibility index (Phi) is 4.02. The molecule has 0 bridgehead atoms. The number of nitrogen functional groups attached to an aromatic ring is 1. The van der Waals surface area contributed by atoms with E-state index in [2.05, 4.69) is 20.3 Å². The molecule has 24 heavy (non-hydrogen) atoms. The van der Waals surface area contributed by atoms with Crippen LogP contribution in [0.4, 0.5) is 11.6 Å². The molecular weight excluding hydrogens is 328 g/mol. The van der Waals surface area contributed by atoms with Crippen LogP contribution in [0.25, 0.3) is 10.9 Å². The Balaban J connectivity index is 2.11. The van der Waals surface area contributed by atoms with Gasteiger partial charge in [0.15, 0.2) is 0 Å². The Morgan fingerprint density at radius 1 is 1.33 bits per heavy atom. The molecule has 3 rings (SSSR count). The van der Waals surface area contributed by atoms with Gasteiger partial charge in [-0.2, -0.15) is 0 Å². The van der Waals surface area contributed by atoms with Gasteiger partial charge in [0.05, 0.1) is 27.5 Å². The van der Waals surface area contributed by atoms with E-state index in [1.165, 1.54) is 12.4 Å². The van der Waals surface area contributed by atoms with Crippen LogP contribution in [0.2, 0.25) is 5.02 Å². The van der Waals surface area contributed by atoms with Crippen LogP contribution < -0.4 is 11.1 Å². The maximum Gasteiger partial charge on any atom is 0.141 e. The standard InChI is InChI=1S/C16H17ClN6O/c1-7(2)22-16-12(15(19)20-6-21-16)13(18)11-4-8-3-9(24)5-10(17)14(8)23-11/h3-7,18,23-24H,1-2H3,(H3,19,20,21,22). The van der Waals surface area contributed by atoms with Crippen molar-refractivity contribution in [3.63, 3.8) is 0 Å². The lowest BCUT2D eigenvalue weighted by Crippen LogP contribution is -2.18. The van der Waals surface area contributed by atoms with E-state index in [9.17, 15) is 5.11 Å². The Labute approximate surface area is 143 Å². The first-order valence-corrected chi connectivity index (χ1v) is 7.72. The largest absolute Gasteiger partial charge is 0.508 e. The van der Waals surface area contributed by atoms with Gasteiger partial charge < -0.3 is 21.1 Å². The number of aromatic amines is 1. The van der Waals surface area contributed by atoms with Gasteiger partial charge in [0.1, 0.15) is 23.7 Å². The number of aromatic hydroxyl groups is 1. The zero-order chi connectivity index (χ0) is 17.4. The van der Waals surface area contributed by atoms with E-state index in [1.54, 1.807) is 12.1 Å². The average Bonchev–Trinajstić information content (AvgIpc) is 2.90. The van der Waals surface area contributed by atoms with Crippen molar-refractivity contribution in [3.8, 4) is 5.75 Å². The predicted octanol–water partition coefficient (Wildman–Crippen LogP) is 3.14. The van der Waals surface area contributed by atoms with Crippen molar-refractivity contribution in [2.24, 2.45) is 0 Å². The molecule has 0 spiro atoms. The summed E-state index contributed by atoms with van der Waals surface area (Å²) in [6.45, 7) is 3.94. The molecule has 3 aromatic rings. The van der Waals surface area contributed by atoms with Crippen LogP contribution in [0.5, 0.6) is 5.75 Å². The first-order valence-electron chi connectivity index (χ1n) is 7.34. The van der Waals surface area contributed by atoms with Crippen LogP contribution >= 0.6 is 11.6 Å². The van der Waals surface area contributed by atoms with E-state index in [0.717, 1.165) is 0 Å². The number of aromatic nitrogens is 3. The van der Waals surface area contributed by atoms with E-state index < -0.39 is 0 Å². The Hall–Kier alpha value is -2.80. The summed E-state index contributed by atoms with van der Waals surface area (Å²) in [7, 11) is 0. The maximum absolute atomic E-state index is 9.66. The summed E-state index contributed by atoms with van der Waals surface area (Å²) in [5.41, 5.74) is 7.68. The van der Waals surface area contributed by atoms with Gasteiger partial charge in [0.2, 0.25) is 0 Å². The van der Waals surface area contributed by atoms with Crippen LogP contribution in [0.1, 0.15) is 25.1 Å². The summed E-state index contributed by atoms with van der Waals surface area (Å²) < 4.78 is 0. The number of H-pyrrole nitrogens is 1. The highest BCUT2D eigenvalue weighted by Crippen LogP contribution is 2.30. The van der Waals surface area contributed by atoms with Gasteiger partial charge in [-0.25, -0.2) is 9.97 Å². The van der Waals surface area contributed by atoms with Gasteiger partial charge in [-0.15, -0.1) is 0 Å². The highest BCUT2D eigenvalue weighted by Gasteiger charge is 2.19. The fraction of sp³-hybridized carbons (Fsp3) is 0.188. The van der Waals surface area contributed by atoms with Crippen LogP contribution in [0.3, 0.4) is 0 Å². The molecule has 124 valence electrons. The summed E-state index contributed by atoms with van der Waals surface area (Å²) >= 11 is 6.13. The van der Waals surface area contributed by atoms with E-state index in [-0.39, 0.29) is 23.3 Å². The van der Waals surface area contributed by atoms with Gasteiger partial charge in [0.25, 0.3) is 0 Å². The molecular formula is C16H17ClN6O.